The SMILES string of the molecule is O=C(NCc1ccc(-c2cccc(F)c2)c2ccncc12)c1ccccc1F. The van der Waals surface area contributed by atoms with Crippen LogP contribution in [0.1, 0.15) is 15.9 Å². The monoisotopic (exact) mass is 374 g/mol. The minimum absolute atomic E-state index is 0.00121. The van der Waals surface area contributed by atoms with Gasteiger partial charge in [0, 0.05) is 24.3 Å². The molecule has 0 fully saturated rings. The molecule has 0 aliphatic rings. The van der Waals surface area contributed by atoms with Crippen molar-refractivity contribution in [2.75, 3.05) is 0 Å². The molecule has 0 aliphatic carbocycles. The first-order valence-corrected chi connectivity index (χ1v) is 8.78. The first-order valence-electron chi connectivity index (χ1n) is 8.78. The third-order valence-corrected chi connectivity index (χ3v) is 4.60. The van der Waals surface area contributed by atoms with Crippen molar-refractivity contribution in [3.63, 3.8) is 0 Å². The summed E-state index contributed by atoms with van der Waals surface area (Å²) in [5, 5.41) is 4.50. The minimum Gasteiger partial charge on any atom is -0.348 e. The first kappa shape index (κ1) is 17.8. The summed E-state index contributed by atoms with van der Waals surface area (Å²) in [7, 11) is 0. The number of hydrogen-bond donors (Lipinski definition) is 1. The van der Waals surface area contributed by atoms with Crippen LogP contribution < -0.4 is 5.32 Å². The molecule has 0 radical (unpaired) electrons. The predicted molar refractivity (Wildman–Crippen MR) is 105 cm³/mol. The first-order chi connectivity index (χ1) is 13.6. The van der Waals surface area contributed by atoms with Gasteiger partial charge in [0.25, 0.3) is 5.91 Å². The number of benzene rings is 3. The summed E-state index contributed by atoms with van der Waals surface area (Å²) in [5.41, 5.74) is 2.48. The summed E-state index contributed by atoms with van der Waals surface area (Å²) in [5.74, 6) is -1.35. The summed E-state index contributed by atoms with van der Waals surface area (Å²) in [4.78, 5) is 16.5. The number of rotatable bonds is 4. The highest BCUT2D eigenvalue weighted by atomic mass is 19.1. The number of carbonyl (C=O) groups excluding carboxylic acids is 1. The van der Waals surface area contributed by atoms with Gasteiger partial charge in [0.15, 0.2) is 0 Å². The zero-order valence-corrected chi connectivity index (χ0v) is 14.8. The van der Waals surface area contributed by atoms with Crippen molar-refractivity contribution >= 4 is 16.7 Å². The molecule has 0 unspecified atom stereocenters. The Kier molecular flexibility index (Phi) is 4.81. The quantitative estimate of drug-likeness (QED) is 0.539. The largest absolute Gasteiger partial charge is 0.348 e. The van der Waals surface area contributed by atoms with Crippen LogP contribution >= 0.6 is 0 Å². The third kappa shape index (κ3) is 3.47. The Morgan fingerprint density at radius 2 is 1.79 bits per heavy atom. The molecule has 1 amide bonds. The Bertz CT molecular complexity index is 1170. The van der Waals surface area contributed by atoms with Gasteiger partial charge in [0.1, 0.15) is 11.6 Å². The third-order valence-electron chi connectivity index (χ3n) is 4.60. The van der Waals surface area contributed by atoms with Gasteiger partial charge in [-0.15, -0.1) is 0 Å². The zero-order chi connectivity index (χ0) is 19.5. The molecule has 0 saturated heterocycles. The van der Waals surface area contributed by atoms with Crippen LogP contribution in [0.25, 0.3) is 21.9 Å². The molecule has 1 heterocycles. The Morgan fingerprint density at radius 1 is 0.929 bits per heavy atom. The fourth-order valence-electron chi connectivity index (χ4n) is 3.23. The molecule has 3 nitrogen and oxygen atoms in total. The van der Waals surface area contributed by atoms with Crippen LogP contribution in [0.5, 0.6) is 0 Å². The second-order valence-electron chi connectivity index (χ2n) is 6.37. The smallest absolute Gasteiger partial charge is 0.254 e. The van der Waals surface area contributed by atoms with Crippen molar-refractivity contribution < 1.29 is 13.6 Å². The highest BCUT2D eigenvalue weighted by Gasteiger charge is 2.13. The van der Waals surface area contributed by atoms with Crippen LogP contribution in [0.15, 0.2) is 79.1 Å². The fourth-order valence-corrected chi connectivity index (χ4v) is 3.23. The lowest BCUT2D eigenvalue weighted by molar-refractivity contribution is 0.0947. The Labute approximate surface area is 160 Å². The van der Waals surface area contributed by atoms with E-state index in [1.807, 2.05) is 24.3 Å². The topological polar surface area (TPSA) is 42.0 Å². The molecule has 0 atom stereocenters. The fraction of sp³-hybridized carbons (Fsp3) is 0.0435. The number of nitrogens with zero attached hydrogens (tertiary/aromatic N) is 1. The van der Waals surface area contributed by atoms with Gasteiger partial charge in [0.2, 0.25) is 0 Å². The van der Waals surface area contributed by atoms with Crippen molar-refractivity contribution in [1.82, 2.24) is 10.3 Å². The van der Waals surface area contributed by atoms with Crippen LogP contribution in [0.3, 0.4) is 0 Å². The van der Waals surface area contributed by atoms with Gasteiger partial charge in [-0.1, -0.05) is 36.4 Å². The van der Waals surface area contributed by atoms with Gasteiger partial charge >= 0.3 is 0 Å². The minimum atomic E-state index is -0.562. The maximum absolute atomic E-state index is 13.8. The van der Waals surface area contributed by atoms with E-state index in [9.17, 15) is 13.6 Å². The van der Waals surface area contributed by atoms with Crippen molar-refractivity contribution in [3.05, 3.63) is 102 Å². The van der Waals surface area contributed by atoms with Gasteiger partial charge in [-0.2, -0.15) is 0 Å². The van der Waals surface area contributed by atoms with Gasteiger partial charge in [-0.25, -0.2) is 8.78 Å². The lowest BCUT2D eigenvalue weighted by atomic mass is 9.96. The molecule has 0 aliphatic heterocycles. The van der Waals surface area contributed by atoms with E-state index in [4.69, 9.17) is 0 Å². The van der Waals surface area contributed by atoms with Crippen LogP contribution in [0.2, 0.25) is 0 Å². The number of nitrogens with one attached hydrogen (secondary N) is 1. The van der Waals surface area contributed by atoms with E-state index in [1.165, 1.54) is 30.3 Å². The summed E-state index contributed by atoms with van der Waals surface area (Å²) in [6.07, 6.45) is 3.38. The number of amides is 1. The second-order valence-corrected chi connectivity index (χ2v) is 6.37. The van der Waals surface area contributed by atoms with E-state index in [0.717, 1.165) is 27.5 Å². The molecule has 138 valence electrons. The van der Waals surface area contributed by atoms with Crippen LogP contribution in [0, 0.1) is 11.6 Å². The lowest BCUT2D eigenvalue weighted by Gasteiger charge is -2.12. The van der Waals surface area contributed by atoms with Crippen molar-refractivity contribution in [2.24, 2.45) is 0 Å². The van der Waals surface area contributed by atoms with Crippen molar-refractivity contribution in [1.29, 1.82) is 0 Å². The number of fused-ring (bicyclic) bond motifs is 1. The van der Waals surface area contributed by atoms with E-state index in [-0.39, 0.29) is 17.9 Å². The highest BCUT2D eigenvalue weighted by molar-refractivity contribution is 5.99. The Morgan fingerprint density at radius 3 is 2.61 bits per heavy atom. The summed E-state index contributed by atoms with van der Waals surface area (Å²) in [6.45, 7) is 0.221. The Balaban J connectivity index is 1.67. The summed E-state index contributed by atoms with van der Waals surface area (Å²) >= 11 is 0. The molecule has 0 bridgehead atoms. The van der Waals surface area contributed by atoms with Crippen LogP contribution in [0.4, 0.5) is 8.78 Å². The molecule has 1 aromatic heterocycles. The maximum atomic E-state index is 13.8. The molecule has 3 aromatic carbocycles. The second kappa shape index (κ2) is 7.56. The van der Waals surface area contributed by atoms with E-state index in [0.29, 0.717) is 0 Å². The molecule has 4 aromatic rings. The Hall–Kier alpha value is -3.60. The number of halogens is 2. The number of pyridine rings is 1. The number of hydrogen-bond acceptors (Lipinski definition) is 2. The van der Waals surface area contributed by atoms with Crippen LogP contribution in [-0.4, -0.2) is 10.9 Å². The van der Waals surface area contributed by atoms with Gasteiger partial charge in [-0.05, 0) is 52.4 Å². The summed E-state index contributed by atoms with van der Waals surface area (Å²) < 4.78 is 27.4. The maximum Gasteiger partial charge on any atom is 0.254 e. The molecule has 28 heavy (non-hydrogen) atoms. The lowest BCUT2D eigenvalue weighted by Crippen LogP contribution is -2.23. The molecule has 5 heteroatoms. The van der Waals surface area contributed by atoms with Crippen molar-refractivity contribution in [2.45, 2.75) is 6.54 Å². The summed E-state index contributed by atoms with van der Waals surface area (Å²) in [6, 6.07) is 17.9. The standard InChI is InChI=1S/C23H16F2N2O/c24-17-5-3-4-15(12-17)18-9-8-16(21-14-26-11-10-19(18)21)13-27-23(28)20-6-1-2-7-22(20)25/h1-12,14H,13H2,(H,27,28). The number of aromatic nitrogens is 1. The predicted octanol–water partition coefficient (Wildman–Crippen LogP) is 5.11. The zero-order valence-electron chi connectivity index (χ0n) is 14.8. The van der Waals surface area contributed by atoms with E-state index < -0.39 is 11.7 Å². The average Bonchev–Trinajstić information content (AvgIpc) is 2.72. The van der Waals surface area contributed by atoms with Crippen molar-refractivity contribution in [3.8, 4) is 11.1 Å². The van der Waals surface area contributed by atoms with E-state index >= 15 is 0 Å². The van der Waals surface area contributed by atoms with Gasteiger partial charge in [-0.3, -0.25) is 9.78 Å². The molecule has 4 rings (SSSR count). The molecular weight excluding hydrogens is 358 g/mol. The number of carbonyl (C=O) groups is 1. The van der Waals surface area contributed by atoms with Gasteiger partial charge in [0.05, 0.1) is 5.56 Å². The van der Waals surface area contributed by atoms with E-state index in [1.54, 1.807) is 24.5 Å². The van der Waals surface area contributed by atoms with Crippen LogP contribution in [-0.2, 0) is 6.54 Å². The molecule has 1 N–H and O–H groups in total. The molecule has 0 spiro atoms. The van der Waals surface area contributed by atoms with E-state index in [2.05, 4.69) is 10.3 Å². The normalized spacial score (nSPS) is 10.8. The average molecular weight is 374 g/mol. The van der Waals surface area contributed by atoms with Gasteiger partial charge < -0.3 is 5.32 Å². The molecule has 0 saturated carbocycles. The molecular formula is C23H16F2N2O. The highest BCUT2D eigenvalue weighted by Crippen LogP contribution is 2.30.